The van der Waals surface area contributed by atoms with Crippen LogP contribution in [0.25, 0.3) is 0 Å². The highest BCUT2D eigenvalue weighted by molar-refractivity contribution is 5.29. The van der Waals surface area contributed by atoms with Gasteiger partial charge in [-0.15, -0.1) is 0 Å². The molecule has 0 aliphatic heterocycles. The lowest BCUT2D eigenvalue weighted by molar-refractivity contribution is 0.250. The van der Waals surface area contributed by atoms with E-state index >= 15 is 0 Å². The van der Waals surface area contributed by atoms with E-state index in [-0.39, 0.29) is 0 Å². The van der Waals surface area contributed by atoms with Crippen molar-refractivity contribution >= 4 is 0 Å². The van der Waals surface area contributed by atoms with Crippen LogP contribution in [0.4, 0.5) is 0 Å². The molecule has 0 bridgehead atoms. The normalized spacial score (nSPS) is 26.4. The Kier molecular flexibility index (Phi) is 3.15. The highest BCUT2D eigenvalue weighted by atomic mass is 16.5. The smallest absolute Gasteiger partial charge is 0.0959 e. The second kappa shape index (κ2) is 4.40. The quantitative estimate of drug-likeness (QED) is 0.646. The molecule has 0 unspecified atom stereocenters. The predicted molar refractivity (Wildman–Crippen MR) is 62.7 cm³/mol. The third kappa shape index (κ3) is 2.25. The first-order valence-electron chi connectivity index (χ1n) is 5.80. The summed E-state index contributed by atoms with van der Waals surface area (Å²) in [6.07, 6.45) is 8.26. The minimum atomic E-state index is 0.736. The molecule has 0 N–H and O–H groups in total. The van der Waals surface area contributed by atoms with Gasteiger partial charge in [-0.1, -0.05) is 11.1 Å². The van der Waals surface area contributed by atoms with E-state index in [1.54, 1.807) is 18.3 Å². The van der Waals surface area contributed by atoms with Gasteiger partial charge in [0.1, 0.15) is 0 Å². The third-order valence-corrected chi connectivity index (χ3v) is 3.72. The molecule has 0 amide bonds. The molecule has 2 aliphatic rings. The molecular weight excluding hydrogens is 186 g/mol. The first-order valence-corrected chi connectivity index (χ1v) is 5.80. The molecule has 0 heterocycles. The molecule has 2 rings (SSSR count). The first kappa shape index (κ1) is 10.7. The Hall–Kier alpha value is -0.760. The fourth-order valence-corrected chi connectivity index (χ4v) is 2.61. The molecule has 0 spiro atoms. The summed E-state index contributed by atoms with van der Waals surface area (Å²) in [4.78, 5) is 2.36. The van der Waals surface area contributed by atoms with Crippen LogP contribution in [-0.4, -0.2) is 32.1 Å². The molecule has 15 heavy (non-hydrogen) atoms. The molecule has 0 aromatic rings. The van der Waals surface area contributed by atoms with Gasteiger partial charge in [0, 0.05) is 12.5 Å². The Morgan fingerprint density at radius 2 is 2.13 bits per heavy atom. The first-order chi connectivity index (χ1) is 7.20. The van der Waals surface area contributed by atoms with E-state index in [0.717, 1.165) is 24.6 Å². The number of hydrogen-bond donors (Lipinski definition) is 0. The Morgan fingerprint density at radius 1 is 1.33 bits per heavy atom. The fraction of sp³-hybridized carbons (Fsp3) is 0.692. The van der Waals surface area contributed by atoms with Crippen molar-refractivity contribution in [2.75, 3.05) is 21.2 Å². The number of allylic oxidation sites excluding steroid dienone is 3. The fourth-order valence-electron chi connectivity index (χ4n) is 2.61. The SMILES string of the molecule is COC1=CCC2=C(C1)C[C@@H](N(C)C)CC2. The zero-order valence-electron chi connectivity index (χ0n) is 10.0. The molecule has 0 saturated heterocycles. The van der Waals surface area contributed by atoms with E-state index in [0.29, 0.717) is 0 Å². The van der Waals surface area contributed by atoms with Crippen molar-refractivity contribution in [1.29, 1.82) is 0 Å². The molecule has 0 aromatic heterocycles. The summed E-state index contributed by atoms with van der Waals surface area (Å²) in [6, 6.07) is 0.736. The van der Waals surface area contributed by atoms with Gasteiger partial charge in [-0.3, -0.25) is 0 Å². The second-order valence-electron chi connectivity index (χ2n) is 4.82. The van der Waals surface area contributed by atoms with E-state index in [1.807, 2.05) is 0 Å². The van der Waals surface area contributed by atoms with Gasteiger partial charge >= 0.3 is 0 Å². The number of hydrogen-bond acceptors (Lipinski definition) is 2. The molecule has 0 aromatic carbocycles. The topological polar surface area (TPSA) is 12.5 Å². The van der Waals surface area contributed by atoms with Crippen LogP contribution in [0.3, 0.4) is 0 Å². The molecule has 2 nitrogen and oxygen atoms in total. The van der Waals surface area contributed by atoms with Crippen LogP contribution in [0.15, 0.2) is 23.0 Å². The van der Waals surface area contributed by atoms with Crippen LogP contribution >= 0.6 is 0 Å². The highest BCUT2D eigenvalue weighted by Crippen LogP contribution is 2.36. The highest BCUT2D eigenvalue weighted by Gasteiger charge is 2.24. The number of rotatable bonds is 2. The summed E-state index contributed by atoms with van der Waals surface area (Å²) in [7, 11) is 6.15. The summed E-state index contributed by atoms with van der Waals surface area (Å²) >= 11 is 0. The van der Waals surface area contributed by atoms with Gasteiger partial charge in [0.25, 0.3) is 0 Å². The van der Waals surface area contributed by atoms with E-state index < -0.39 is 0 Å². The Labute approximate surface area is 92.6 Å². The van der Waals surface area contributed by atoms with Crippen molar-refractivity contribution < 1.29 is 4.74 Å². The monoisotopic (exact) mass is 207 g/mol. The van der Waals surface area contributed by atoms with E-state index in [2.05, 4.69) is 25.1 Å². The van der Waals surface area contributed by atoms with Crippen LogP contribution in [-0.2, 0) is 4.74 Å². The Bertz CT molecular complexity index is 302. The Balaban J connectivity index is 2.05. The summed E-state index contributed by atoms with van der Waals surface area (Å²) in [5.74, 6) is 1.16. The van der Waals surface area contributed by atoms with Crippen molar-refractivity contribution in [1.82, 2.24) is 4.90 Å². The molecule has 1 atom stereocenters. The zero-order valence-corrected chi connectivity index (χ0v) is 10.0. The molecule has 0 saturated carbocycles. The van der Waals surface area contributed by atoms with Crippen molar-refractivity contribution in [2.45, 2.75) is 38.1 Å². The summed E-state index contributed by atoms with van der Waals surface area (Å²) < 4.78 is 5.35. The van der Waals surface area contributed by atoms with Gasteiger partial charge in [0.15, 0.2) is 0 Å². The van der Waals surface area contributed by atoms with Gasteiger partial charge in [0.05, 0.1) is 12.9 Å². The largest absolute Gasteiger partial charge is 0.501 e. The minimum absolute atomic E-state index is 0.736. The van der Waals surface area contributed by atoms with Gasteiger partial charge in [0.2, 0.25) is 0 Å². The van der Waals surface area contributed by atoms with Crippen LogP contribution in [0.5, 0.6) is 0 Å². The molecule has 2 heteroatoms. The average molecular weight is 207 g/mol. The van der Waals surface area contributed by atoms with Crippen molar-refractivity contribution in [3.63, 3.8) is 0 Å². The lowest BCUT2D eigenvalue weighted by Gasteiger charge is -2.33. The number of ether oxygens (including phenoxy) is 1. The van der Waals surface area contributed by atoms with E-state index in [4.69, 9.17) is 4.74 Å². The Morgan fingerprint density at radius 3 is 2.80 bits per heavy atom. The van der Waals surface area contributed by atoms with Crippen molar-refractivity contribution in [3.8, 4) is 0 Å². The number of methoxy groups -OCH3 is 1. The lowest BCUT2D eigenvalue weighted by Crippen LogP contribution is -2.31. The summed E-state index contributed by atoms with van der Waals surface area (Å²) in [6.45, 7) is 0. The summed E-state index contributed by atoms with van der Waals surface area (Å²) in [5, 5.41) is 0. The predicted octanol–water partition coefficient (Wildman–Crippen LogP) is 2.72. The standard InChI is InChI=1S/C13H21NO/c1-14(2)12-6-4-10-5-7-13(15-3)9-11(10)8-12/h7,12H,4-6,8-9H2,1-3H3/t12-/m0/s1. The van der Waals surface area contributed by atoms with Gasteiger partial charge in [-0.25, -0.2) is 0 Å². The van der Waals surface area contributed by atoms with Crippen LogP contribution in [0.1, 0.15) is 32.1 Å². The van der Waals surface area contributed by atoms with Crippen LogP contribution in [0, 0.1) is 0 Å². The van der Waals surface area contributed by atoms with Crippen LogP contribution in [0.2, 0.25) is 0 Å². The van der Waals surface area contributed by atoms with E-state index in [1.165, 1.54) is 19.3 Å². The maximum absolute atomic E-state index is 5.35. The molecular formula is C13H21NO. The minimum Gasteiger partial charge on any atom is -0.501 e. The third-order valence-electron chi connectivity index (χ3n) is 3.72. The van der Waals surface area contributed by atoms with Crippen molar-refractivity contribution in [2.24, 2.45) is 0 Å². The van der Waals surface area contributed by atoms with Crippen LogP contribution < -0.4 is 0 Å². The molecule has 84 valence electrons. The molecule has 2 aliphatic carbocycles. The maximum atomic E-state index is 5.35. The lowest BCUT2D eigenvalue weighted by atomic mass is 9.82. The van der Waals surface area contributed by atoms with Gasteiger partial charge in [-0.05, 0) is 45.9 Å². The van der Waals surface area contributed by atoms with Crippen molar-refractivity contribution in [3.05, 3.63) is 23.0 Å². The maximum Gasteiger partial charge on any atom is 0.0959 e. The second-order valence-corrected chi connectivity index (χ2v) is 4.82. The molecule has 0 fully saturated rings. The summed E-state index contributed by atoms with van der Waals surface area (Å²) in [5.41, 5.74) is 3.31. The van der Waals surface area contributed by atoms with Gasteiger partial charge < -0.3 is 9.64 Å². The van der Waals surface area contributed by atoms with E-state index in [9.17, 15) is 0 Å². The molecule has 0 radical (unpaired) electrons. The number of nitrogens with zero attached hydrogens (tertiary/aromatic N) is 1. The van der Waals surface area contributed by atoms with Gasteiger partial charge in [-0.2, -0.15) is 0 Å². The average Bonchev–Trinajstić information content (AvgIpc) is 2.27. The zero-order chi connectivity index (χ0) is 10.8.